The van der Waals surface area contributed by atoms with Crippen LogP contribution in [-0.4, -0.2) is 12.9 Å². The molecule has 5 nitrogen and oxygen atoms in total. The quantitative estimate of drug-likeness (QED) is 0.508. The molecule has 0 radical (unpaired) electrons. The van der Waals surface area contributed by atoms with Crippen molar-refractivity contribution in [2.45, 2.75) is 51.4 Å². The molecule has 6 heteroatoms. The number of methoxy groups -OCH3 is 1. The Bertz CT molecular complexity index is 709. The summed E-state index contributed by atoms with van der Waals surface area (Å²) in [6.45, 7) is 15.7. The van der Waals surface area contributed by atoms with Crippen LogP contribution in [0.1, 0.15) is 56.1 Å². The van der Waals surface area contributed by atoms with Crippen molar-refractivity contribution < 1.29 is 40.8 Å². The topological polar surface area (TPSA) is 86.0 Å². The molecule has 0 aromatic heterocycles. The maximum atomic E-state index is 12.3. The maximum Gasteiger partial charge on any atom is 0 e. The van der Waals surface area contributed by atoms with E-state index >= 15 is 0 Å². The van der Waals surface area contributed by atoms with Gasteiger partial charge in [-0.1, -0.05) is 13.0 Å². The summed E-state index contributed by atoms with van der Waals surface area (Å²) in [5.41, 5.74) is 3.00. The Hall–Kier alpha value is -1.56. The predicted octanol–water partition coefficient (Wildman–Crippen LogP) is 4.01. The number of carbonyl (C=O) groups is 1. The molecule has 148 valence electrons. The Labute approximate surface area is 177 Å². The van der Waals surface area contributed by atoms with E-state index in [1.807, 2.05) is 0 Å². The van der Waals surface area contributed by atoms with Gasteiger partial charge in [0, 0.05) is 29.2 Å². The van der Waals surface area contributed by atoms with Gasteiger partial charge in [-0.2, -0.15) is 0 Å². The second-order valence-electron chi connectivity index (χ2n) is 7.40. The molecule has 3 aliphatic rings. The fraction of sp³-hybridized carbons (Fsp3) is 0.545. The molecule has 2 fully saturated rings. The van der Waals surface area contributed by atoms with Gasteiger partial charge in [-0.3, -0.25) is 4.79 Å². The first-order valence-electron chi connectivity index (χ1n) is 8.95. The fourth-order valence-electron chi connectivity index (χ4n) is 5.46. The van der Waals surface area contributed by atoms with Crippen molar-refractivity contribution >= 4 is 5.78 Å². The van der Waals surface area contributed by atoms with E-state index in [2.05, 4.69) is 45.1 Å². The van der Waals surface area contributed by atoms with Crippen LogP contribution in [0.5, 0.6) is 5.75 Å². The molecule has 28 heavy (non-hydrogen) atoms. The van der Waals surface area contributed by atoms with Gasteiger partial charge >= 0.3 is 33.9 Å². The number of ether oxygens (including phenoxy) is 1. The third-order valence-electron chi connectivity index (χ3n) is 6.64. The van der Waals surface area contributed by atoms with Crippen LogP contribution >= 0.6 is 0 Å². The van der Waals surface area contributed by atoms with Crippen LogP contribution in [0, 0.1) is 37.2 Å². The Morgan fingerprint density at radius 2 is 1.68 bits per heavy atom. The number of hydrogen-bond donors (Lipinski definition) is 0. The first kappa shape index (κ1) is 26.4. The zero-order valence-corrected chi connectivity index (χ0v) is 17.4. The fourth-order valence-corrected chi connectivity index (χ4v) is 5.46. The van der Waals surface area contributed by atoms with Gasteiger partial charge in [-0.15, -0.1) is 0 Å². The number of ketones is 1. The van der Waals surface area contributed by atoms with E-state index in [4.69, 9.17) is 18.7 Å². The molecule has 1 aromatic carbocycles. The summed E-state index contributed by atoms with van der Waals surface area (Å²) in [5, 5.41) is 0. The molecule has 3 aliphatic carbocycles. The molecular formula is C22H24CrO5. The standard InChI is InChI=1S/C19H24O2.3CO.Cr/c1-19-10-9-15-14-6-4-13(21-2)11-12(14)3-5-16(15)17(19)7-8-18(19)20;3*1-2;/h4,6,11,15-17H,3,5,7-10H2,1-2H3;;;;/t15-,16-,17+,19+;;;;/m1..../s1. The molecular weight excluding hydrogens is 396 g/mol. The summed E-state index contributed by atoms with van der Waals surface area (Å²) in [5.74, 6) is 3.52. The van der Waals surface area contributed by atoms with Crippen molar-refractivity contribution in [1.82, 2.24) is 0 Å². The molecule has 4 rings (SSSR count). The average Bonchev–Trinajstić information content (AvgIpc) is 3.06. The number of Topliss-reactive ketones (excluding diaryl/α,β-unsaturated/α-hetero) is 1. The molecule has 0 spiro atoms. The van der Waals surface area contributed by atoms with Crippen molar-refractivity contribution in [3.63, 3.8) is 0 Å². The SMILES string of the molecule is COc1ccc2c(c1)CC[C@@H]1[C@@H]2CC[C@]2(C)C(=O)CC[C@@H]12.[C-]#[O+].[C-]#[O+].[C-]#[O+].[Cr]. The summed E-state index contributed by atoms with van der Waals surface area (Å²) in [6, 6.07) is 6.61. The molecule has 0 saturated heterocycles. The summed E-state index contributed by atoms with van der Waals surface area (Å²) >= 11 is 0. The Morgan fingerprint density at radius 3 is 2.29 bits per heavy atom. The van der Waals surface area contributed by atoms with Crippen LogP contribution in [-0.2, 0) is 42.5 Å². The zero-order chi connectivity index (χ0) is 20.6. The van der Waals surface area contributed by atoms with Gasteiger partial charge in [0.05, 0.1) is 7.11 Å². The molecule has 1 aromatic rings. The van der Waals surface area contributed by atoms with Gasteiger partial charge in [0.2, 0.25) is 0 Å². The van der Waals surface area contributed by atoms with E-state index in [1.165, 1.54) is 24.0 Å². The number of fused-ring (bicyclic) bond motifs is 5. The van der Waals surface area contributed by atoms with Gasteiger partial charge in [-0.05, 0) is 73.1 Å². The summed E-state index contributed by atoms with van der Waals surface area (Å²) in [7, 11) is 1.74. The van der Waals surface area contributed by atoms with Crippen molar-refractivity contribution in [1.29, 1.82) is 0 Å². The maximum absolute atomic E-state index is 12.3. The van der Waals surface area contributed by atoms with Crippen LogP contribution in [0.3, 0.4) is 0 Å². The Kier molecular flexibility index (Phi) is 11.4. The minimum Gasteiger partial charge on any atom is 0 e. The van der Waals surface area contributed by atoms with E-state index in [1.54, 1.807) is 7.11 Å². The predicted molar refractivity (Wildman–Crippen MR) is 94.4 cm³/mol. The van der Waals surface area contributed by atoms with E-state index in [0.29, 0.717) is 17.6 Å². The molecule has 0 heterocycles. The van der Waals surface area contributed by atoms with E-state index in [0.717, 1.165) is 37.4 Å². The molecule has 0 N–H and O–H groups in total. The summed E-state index contributed by atoms with van der Waals surface area (Å²) < 4.78 is 27.9. The largest absolute Gasteiger partial charge is 0 e. The minimum absolute atomic E-state index is 0. The Balaban J connectivity index is 0.000000957. The van der Waals surface area contributed by atoms with Crippen LogP contribution in [0.25, 0.3) is 0 Å². The van der Waals surface area contributed by atoms with Gasteiger partial charge < -0.3 is 4.74 Å². The average molecular weight is 420 g/mol. The number of rotatable bonds is 1. The third-order valence-corrected chi connectivity index (χ3v) is 6.64. The number of benzene rings is 1. The van der Waals surface area contributed by atoms with E-state index in [9.17, 15) is 4.79 Å². The number of aryl methyl sites for hydroxylation is 1. The number of hydrogen-bond acceptors (Lipinski definition) is 2. The molecule has 4 atom stereocenters. The van der Waals surface area contributed by atoms with Gasteiger partial charge in [0.25, 0.3) is 0 Å². The van der Waals surface area contributed by atoms with Crippen LogP contribution in [0.15, 0.2) is 18.2 Å². The van der Waals surface area contributed by atoms with Gasteiger partial charge in [-0.25, -0.2) is 0 Å². The summed E-state index contributed by atoms with van der Waals surface area (Å²) in [6.07, 6.45) is 6.61. The second-order valence-corrected chi connectivity index (χ2v) is 7.40. The van der Waals surface area contributed by atoms with E-state index < -0.39 is 0 Å². The number of carbonyl (C=O) groups excluding carboxylic acids is 1. The van der Waals surface area contributed by atoms with Crippen molar-refractivity contribution in [3.8, 4) is 5.75 Å². The smallest absolute Gasteiger partial charge is 0 e. The van der Waals surface area contributed by atoms with Gasteiger partial charge in [0.1, 0.15) is 11.5 Å². The third kappa shape index (κ3) is 4.70. The van der Waals surface area contributed by atoms with E-state index in [-0.39, 0.29) is 22.8 Å². The first-order valence-corrected chi connectivity index (χ1v) is 8.95. The monoisotopic (exact) mass is 420 g/mol. The van der Waals surface area contributed by atoms with Crippen molar-refractivity contribution in [2.75, 3.05) is 7.11 Å². The molecule has 2 saturated carbocycles. The van der Waals surface area contributed by atoms with Crippen LogP contribution in [0.4, 0.5) is 0 Å². The minimum atomic E-state index is -0.00879. The first-order chi connectivity index (χ1) is 13.1. The normalized spacial score (nSPS) is 28.4. The van der Waals surface area contributed by atoms with Crippen LogP contribution < -0.4 is 4.74 Å². The summed E-state index contributed by atoms with van der Waals surface area (Å²) in [4.78, 5) is 12.3. The van der Waals surface area contributed by atoms with Crippen molar-refractivity contribution in [2.24, 2.45) is 17.3 Å². The van der Waals surface area contributed by atoms with Gasteiger partial charge in [0.15, 0.2) is 0 Å². The second kappa shape index (κ2) is 12.1. The van der Waals surface area contributed by atoms with Crippen LogP contribution in [0.2, 0.25) is 0 Å². The molecule has 0 aliphatic heterocycles. The molecule has 0 unspecified atom stereocenters. The molecule has 0 bridgehead atoms. The van der Waals surface area contributed by atoms with Crippen molar-refractivity contribution in [3.05, 3.63) is 49.3 Å². The molecule has 0 amide bonds. The zero-order valence-electron chi connectivity index (χ0n) is 16.2. The Morgan fingerprint density at radius 1 is 1.04 bits per heavy atom.